The van der Waals surface area contributed by atoms with Gasteiger partial charge >= 0.3 is 5.69 Å². The van der Waals surface area contributed by atoms with Crippen LogP contribution in [0.2, 0.25) is 0 Å². The van der Waals surface area contributed by atoms with Crippen molar-refractivity contribution in [3.05, 3.63) is 46.5 Å². The van der Waals surface area contributed by atoms with Crippen LogP contribution in [0.4, 0.5) is 17.1 Å². The van der Waals surface area contributed by atoms with Gasteiger partial charge in [-0.3, -0.25) is 4.57 Å². The first kappa shape index (κ1) is 15.1. The monoisotopic (exact) mass is 311 g/mol. The molecule has 0 bridgehead atoms. The van der Waals surface area contributed by atoms with Gasteiger partial charge in [0, 0.05) is 23.6 Å². The number of pyridine rings is 1. The molecular formula is C17H21N5O. The number of aromatic nitrogens is 3. The third kappa shape index (κ3) is 2.67. The summed E-state index contributed by atoms with van der Waals surface area (Å²) in [5.41, 5.74) is 10.6. The first-order chi connectivity index (χ1) is 11.0. The average Bonchev–Trinajstić information content (AvgIpc) is 2.87. The van der Waals surface area contributed by atoms with E-state index in [-0.39, 0.29) is 11.7 Å². The molecule has 0 saturated heterocycles. The molecule has 2 aromatic heterocycles. The van der Waals surface area contributed by atoms with Gasteiger partial charge in [0.15, 0.2) is 5.65 Å². The molecule has 0 aliphatic rings. The van der Waals surface area contributed by atoms with Crippen LogP contribution in [0.25, 0.3) is 11.2 Å². The molecule has 0 spiro atoms. The number of H-pyrrole nitrogens is 1. The maximum atomic E-state index is 12.3. The number of hydrogen-bond acceptors (Lipinski definition) is 4. The number of aromatic amines is 1. The fraction of sp³-hybridized carbons (Fsp3) is 0.294. The highest BCUT2D eigenvalue weighted by Gasteiger charge is 2.15. The number of nitrogens with one attached hydrogen (secondary N) is 2. The lowest BCUT2D eigenvalue weighted by atomic mass is 10.1. The smallest absolute Gasteiger partial charge is 0.327 e. The van der Waals surface area contributed by atoms with Gasteiger partial charge in [0.05, 0.1) is 5.69 Å². The first-order valence-corrected chi connectivity index (χ1v) is 7.73. The van der Waals surface area contributed by atoms with Crippen LogP contribution in [0.3, 0.4) is 0 Å². The summed E-state index contributed by atoms with van der Waals surface area (Å²) in [6, 6.07) is 7.65. The fourth-order valence-corrected chi connectivity index (χ4v) is 2.64. The molecule has 4 N–H and O–H groups in total. The van der Waals surface area contributed by atoms with E-state index in [1.807, 2.05) is 45.0 Å². The molecule has 2 heterocycles. The largest absolute Gasteiger partial charge is 0.399 e. The highest BCUT2D eigenvalue weighted by Crippen LogP contribution is 2.27. The standard InChI is InChI=1S/C17H21N5O/c1-4-11(3)22-16-15(21-17(22)23)13(7-8-19-16)20-14-9-12(18)6-5-10(14)2/h5-9,11H,4,18H2,1-3H3,(H,19,20)(H,21,23). The molecule has 0 fully saturated rings. The second-order valence-electron chi connectivity index (χ2n) is 5.81. The van der Waals surface area contributed by atoms with Gasteiger partial charge < -0.3 is 16.0 Å². The first-order valence-electron chi connectivity index (χ1n) is 7.73. The zero-order valence-electron chi connectivity index (χ0n) is 13.6. The van der Waals surface area contributed by atoms with E-state index in [4.69, 9.17) is 5.73 Å². The maximum absolute atomic E-state index is 12.3. The van der Waals surface area contributed by atoms with Crippen LogP contribution in [-0.2, 0) is 0 Å². The number of imidazole rings is 1. The summed E-state index contributed by atoms with van der Waals surface area (Å²) in [5.74, 6) is 0. The van der Waals surface area contributed by atoms with Crippen LogP contribution in [0.1, 0.15) is 31.9 Å². The number of nitrogens with two attached hydrogens (primary N) is 1. The van der Waals surface area contributed by atoms with Crippen LogP contribution >= 0.6 is 0 Å². The van der Waals surface area contributed by atoms with Gasteiger partial charge in [0.2, 0.25) is 0 Å². The highest BCUT2D eigenvalue weighted by atomic mass is 16.1. The van der Waals surface area contributed by atoms with Crippen molar-refractivity contribution in [2.24, 2.45) is 0 Å². The summed E-state index contributed by atoms with van der Waals surface area (Å²) in [6.45, 7) is 6.07. The molecule has 0 amide bonds. The predicted octanol–water partition coefficient (Wildman–Crippen LogP) is 3.33. The normalized spacial score (nSPS) is 12.5. The number of anilines is 3. The molecule has 6 heteroatoms. The second kappa shape index (κ2) is 5.79. The molecule has 23 heavy (non-hydrogen) atoms. The molecule has 0 radical (unpaired) electrons. The summed E-state index contributed by atoms with van der Waals surface area (Å²) >= 11 is 0. The van der Waals surface area contributed by atoms with E-state index in [2.05, 4.69) is 15.3 Å². The molecule has 1 unspecified atom stereocenters. The van der Waals surface area contributed by atoms with Gasteiger partial charge in [0.25, 0.3) is 0 Å². The Kier molecular flexibility index (Phi) is 3.82. The van der Waals surface area contributed by atoms with Crippen molar-refractivity contribution in [1.82, 2.24) is 14.5 Å². The van der Waals surface area contributed by atoms with Crippen LogP contribution in [0.5, 0.6) is 0 Å². The lowest BCUT2D eigenvalue weighted by Gasteiger charge is -2.12. The lowest BCUT2D eigenvalue weighted by molar-refractivity contribution is 0.526. The SMILES string of the molecule is CCC(C)n1c(=O)[nH]c2c(Nc3cc(N)ccc3C)ccnc21. The number of nitrogens with zero attached hydrogens (tertiary/aromatic N) is 2. The van der Waals surface area contributed by atoms with Crippen molar-refractivity contribution in [2.75, 3.05) is 11.1 Å². The molecule has 0 saturated carbocycles. The fourth-order valence-electron chi connectivity index (χ4n) is 2.64. The van der Waals surface area contributed by atoms with Crippen LogP contribution < -0.4 is 16.7 Å². The Morgan fingerprint density at radius 3 is 2.87 bits per heavy atom. The Morgan fingerprint density at radius 2 is 2.13 bits per heavy atom. The quantitative estimate of drug-likeness (QED) is 0.645. The van der Waals surface area contributed by atoms with Crippen molar-refractivity contribution in [2.45, 2.75) is 33.2 Å². The van der Waals surface area contributed by atoms with E-state index < -0.39 is 0 Å². The summed E-state index contributed by atoms with van der Waals surface area (Å²) in [4.78, 5) is 19.6. The van der Waals surface area contributed by atoms with Crippen LogP contribution in [-0.4, -0.2) is 14.5 Å². The number of hydrogen-bond donors (Lipinski definition) is 3. The van der Waals surface area contributed by atoms with Crippen molar-refractivity contribution in [1.29, 1.82) is 0 Å². The second-order valence-corrected chi connectivity index (χ2v) is 5.81. The van der Waals surface area contributed by atoms with Gasteiger partial charge in [-0.1, -0.05) is 13.0 Å². The van der Waals surface area contributed by atoms with Gasteiger partial charge in [-0.15, -0.1) is 0 Å². The third-order valence-electron chi connectivity index (χ3n) is 4.17. The van der Waals surface area contributed by atoms with Crippen LogP contribution in [0.15, 0.2) is 35.3 Å². The van der Waals surface area contributed by atoms with E-state index in [9.17, 15) is 4.79 Å². The zero-order valence-corrected chi connectivity index (χ0v) is 13.6. The molecule has 0 aliphatic carbocycles. The Labute approximate surface area is 134 Å². The molecule has 3 aromatic rings. The summed E-state index contributed by atoms with van der Waals surface area (Å²) in [6.07, 6.45) is 2.57. The molecule has 6 nitrogen and oxygen atoms in total. The van der Waals surface area contributed by atoms with E-state index >= 15 is 0 Å². The Balaban J connectivity index is 2.12. The van der Waals surface area contributed by atoms with Gasteiger partial charge in [0.1, 0.15) is 5.52 Å². The van der Waals surface area contributed by atoms with Gasteiger partial charge in [-0.05, 0) is 44.0 Å². The van der Waals surface area contributed by atoms with Crippen molar-refractivity contribution < 1.29 is 0 Å². The van der Waals surface area contributed by atoms with E-state index in [0.29, 0.717) is 16.9 Å². The molecule has 3 rings (SSSR count). The van der Waals surface area contributed by atoms with Crippen LogP contribution in [0, 0.1) is 6.92 Å². The molecule has 0 aliphatic heterocycles. The predicted molar refractivity (Wildman–Crippen MR) is 94.2 cm³/mol. The molecule has 1 atom stereocenters. The number of benzene rings is 1. The highest BCUT2D eigenvalue weighted by molar-refractivity contribution is 5.88. The molecule has 120 valence electrons. The summed E-state index contributed by atoms with van der Waals surface area (Å²) in [5, 5.41) is 3.35. The topological polar surface area (TPSA) is 88.7 Å². The van der Waals surface area contributed by atoms with E-state index in [1.54, 1.807) is 10.8 Å². The maximum Gasteiger partial charge on any atom is 0.327 e. The van der Waals surface area contributed by atoms with Gasteiger partial charge in [-0.25, -0.2) is 9.78 Å². The van der Waals surface area contributed by atoms with E-state index in [1.165, 1.54) is 0 Å². The molecule has 1 aromatic carbocycles. The number of rotatable bonds is 4. The Hall–Kier alpha value is -2.76. The van der Waals surface area contributed by atoms with E-state index in [0.717, 1.165) is 23.4 Å². The Morgan fingerprint density at radius 1 is 1.35 bits per heavy atom. The minimum atomic E-state index is -0.139. The molecular weight excluding hydrogens is 290 g/mol. The third-order valence-corrected chi connectivity index (χ3v) is 4.17. The van der Waals surface area contributed by atoms with Gasteiger partial charge in [-0.2, -0.15) is 0 Å². The minimum absolute atomic E-state index is 0.0908. The summed E-state index contributed by atoms with van der Waals surface area (Å²) < 4.78 is 1.70. The average molecular weight is 311 g/mol. The minimum Gasteiger partial charge on any atom is -0.399 e. The van der Waals surface area contributed by atoms with Crippen molar-refractivity contribution in [3.63, 3.8) is 0 Å². The van der Waals surface area contributed by atoms with Crippen molar-refractivity contribution in [3.8, 4) is 0 Å². The number of nitrogen functional groups attached to an aromatic ring is 1. The Bertz CT molecular complexity index is 909. The number of aryl methyl sites for hydroxylation is 1. The lowest BCUT2D eigenvalue weighted by Crippen LogP contribution is -2.20. The zero-order chi connectivity index (χ0) is 16.6. The van der Waals surface area contributed by atoms with Crippen molar-refractivity contribution >= 4 is 28.2 Å². The summed E-state index contributed by atoms with van der Waals surface area (Å²) in [7, 11) is 0. The number of fused-ring (bicyclic) bond motifs is 1.